The van der Waals surface area contributed by atoms with Crippen molar-refractivity contribution in [3.63, 3.8) is 0 Å². The molecule has 0 fully saturated rings. The Morgan fingerprint density at radius 1 is 0.737 bits per heavy atom. The summed E-state index contributed by atoms with van der Waals surface area (Å²) < 4.78 is 219. The van der Waals surface area contributed by atoms with Crippen LogP contribution in [0.25, 0.3) is 0 Å². The Kier molecular flexibility index (Phi) is 8.49. The third-order valence-corrected chi connectivity index (χ3v) is 6.07. The van der Waals surface area contributed by atoms with Crippen LogP contribution in [-0.2, 0) is 9.53 Å². The number of rotatable bonds is 10. The molecule has 38 heavy (non-hydrogen) atoms. The molecule has 1 amide bonds. The first-order valence-corrected chi connectivity index (χ1v) is 9.87. The summed E-state index contributed by atoms with van der Waals surface area (Å²) in [6, 6.07) is 0. The smallest absolute Gasteiger partial charge is 0.393 e. The molecule has 1 N–H and O–H groups in total. The third-order valence-electron chi connectivity index (χ3n) is 4.95. The third kappa shape index (κ3) is 4.42. The van der Waals surface area contributed by atoms with Gasteiger partial charge < -0.3 is 10.1 Å². The lowest BCUT2D eigenvalue weighted by Crippen LogP contribution is -2.74. The van der Waals surface area contributed by atoms with E-state index in [4.69, 9.17) is 0 Å². The van der Waals surface area contributed by atoms with Gasteiger partial charge in [-0.3, -0.25) is 4.79 Å². The van der Waals surface area contributed by atoms with Crippen molar-refractivity contribution in [3.05, 3.63) is 16.0 Å². The van der Waals surface area contributed by atoms with Crippen molar-refractivity contribution in [1.82, 2.24) is 0 Å². The number of thiophene rings is 1. The number of nitrogens with one attached hydrogen (secondary N) is 1. The van der Waals surface area contributed by atoms with Gasteiger partial charge in [0, 0.05) is 4.88 Å². The number of carbonyl (C=O) groups is 2. The van der Waals surface area contributed by atoms with Gasteiger partial charge in [-0.05, 0) is 19.4 Å². The van der Waals surface area contributed by atoms with Crippen molar-refractivity contribution in [2.45, 2.75) is 61.7 Å². The SMILES string of the molecule is COC(=O)c1c(NC(=O)C(F)(F)C(F)(F)C(F)(F)C(F)(F)C(F)(F)C(F)(F)C(F)(F)C(F)F)sc(C)c1C. The molecular formula is C17H11F16NO3S. The van der Waals surface area contributed by atoms with E-state index in [9.17, 15) is 79.8 Å². The van der Waals surface area contributed by atoms with Crippen molar-refractivity contribution in [1.29, 1.82) is 0 Å². The van der Waals surface area contributed by atoms with Gasteiger partial charge in [0.15, 0.2) is 0 Å². The Morgan fingerprint density at radius 3 is 1.53 bits per heavy atom. The molecule has 0 bridgehead atoms. The zero-order valence-corrected chi connectivity index (χ0v) is 19.1. The lowest BCUT2D eigenvalue weighted by atomic mass is 9.89. The maximum atomic E-state index is 14.1. The average molecular weight is 613 g/mol. The number of alkyl halides is 16. The van der Waals surface area contributed by atoms with Gasteiger partial charge in [-0.25, -0.2) is 13.6 Å². The molecule has 0 atom stereocenters. The van der Waals surface area contributed by atoms with Crippen LogP contribution in [-0.4, -0.2) is 66.9 Å². The molecule has 0 aliphatic carbocycles. The molecule has 1 aromatic heterocycles. The molecule has 0 saturated carbocycles. The molecule has 0 spiro atoms. The topological polar surface area (TPSA) is 55.4 Å². The summed E-state index contributed by atoms with van der Waals surface area (Å²) in [7, 11) is 0.694. The van der Waals surface area contributed by atoms with Gasteiger partial charge in [-0.15, -0.1) is 11.3 Å². The molecule has 4 nitrogen and oxygen atoms in total. The minimum Gasteiger partial charge on any atom is -0.465 e. The lowest BCUT2D eigenvalue weighted by Gasteiger charge is -2.42. The Morgan fingerprint density at radius 2 is 1.13 bits per heavy atom. The molecule has 21 heteroatoms. The maximum Gasteiger partial charge on any atom is 0.393 e. The number of ether oxygens (including phenoxy) is 1. The molecule has 1 heterocycles. The molecule has 0 aromatic carbocycles. The molecule has 0 radical (unpaired) electrons. The van der Waals surface area contributed by atoms with Crippen LogP contribution in [0.4, 0.5) is 75.2 Å². The van der Waals surface area contributed by atoms with E-state index in [1.165, 1.54) is 0 Å². The van der Waals surface area contributed by atoms with Crippen molar-refractivity contribution >= 4 is 28.2 Å². The Hall–Kier alpha value is -2.48. The standard InChI is InChI=1S/C17H11F16NO3S/c1-4-5(2)38-7(6(4)8(35)37-3)34-10(36)12(22,23)14(26,27)16(30,31)17(32,33)15(28,29)13(24,25)11(20,21)9(18)19/h9H,1-3H3,(H,34,36). The quantitative estimate of drug-likeness (QED) is 0.233. The van der Waals surface area contributed by atoms with E-state index in [1.807, 2.05) is 0 Å². The van der Waals surface area contributed by atoms with Crippen LogP contribution in [0.3, 0.4) is 0 Å². The highest BCUT2D eigenvalue weighted by Gasteiger charge is 2.94. The monoisotopic (exact) mass is 613 g/mol. The summed E-state index contributed by atoms with van der Waals surface area (Å²) in [5.74, 6) is -61.9. The maximum absolute atomic E-state index is 14.1. The highest BCUT2D eigenvalue weighted by molar-refractivity contribution is 7.16. The molecule has 0 saturated heterocycles. The van der Waals surface area contributed by atoms with Crippen molar-refractivity contribution in [3.8, 4) is 0 Å². The summed E-state index contributed by atoms with van der Waals surface area (Å²) in [5.41, 5.74) is -0.995. The second-order valence-corrected chi connectivity index (χ2v) is 8.53. The van der Waals surface area contributed by atoms with E-state index < -0.39 is 70.3 Å². The molecule has 0 aliphatic rings. The highest BCUT2D eigenvalue weighted by atomic mass is 32.1. The van der Waals surface area contributed by atoms with Crippen LogP contribution >= 0.6 is 11.3 Å². The van der Waals surface area contributed by atoms with E-state index >= 15 is 0 Å². The fraction of sp³-hybridized carbons (Fsp3) is 0.647. The van der Waals surface area contributed by atoms with Crippen LogP contribution in [0.15, 0.2) is 0 Å². The van der Waals surface area contributed by atoms with Gasteiger partial charge in [0.05, 0.1) is 12.7 Å². The number of hydrogen-bond donors (Lipinski definition) is 1. The summed E-state index contributed by atoms with van der Waals surface area (Å²) >= 11 is 0.146. The molecule has 220 valence electrons. The van der Waals surface area contributed by atoms with Crippen molar-refractivity contribution in [2.75, 3.05) is 12.4 Å². The minimum absolute atomic E-state index is 0.0190. The fourth-order valence-corrected chi connectivity index (χ4v) is 3.57. The zero-order valence-electron chi connectivity index (χ0n) is 18.3. The normalized spacial score (nSPS) is 14.6. The summed E-state index contributed by atoms with van der Waals surface area (Å²) in [6.07, 6.45) is -5.96. The largest absolute Gasteiger partial charge is 0.465 e. The molecule has 0 aliphatic heterocycles. The van der Waals surface area contributed by atoms with Crippen LogP contribution < -0.4 is 5.32 Å². The van der Waals surface area contributed by atoms with Crippen LogP contribution in [0.1, 0.15) is 20.8 Å². The number of amides is 1. The van der Waals surface area contributed by atoms with Crippen molar-refractivity contribution in [2.24, 2.45) is 0 Å². The first-order chi connectivity index (χ1) is 16.6. The number of anilines is 1. The van der Waals surface area contributed by atoms with Crippen LogP contribution in [0.2, 0.25) is 0 Å². The number of carbonyl (C=O) groups excluding carboxylic acids is 2. The molecule has 1 rings (SSSR count). The fourth-order valence-electron chi connectivity index (χ4n) is 2.52. The second-order valence-electron chi connectivity index (χ2n) is 7.30. The number of esters is 1. The molecule has 1 aromatic rings. The number of methoxy groups -OCH3 is 1. The predicted molar refractivity (Wildman–Crippen MR) is 94.4 cm³/mol. The number of aryl methyl sites for hydroxylation is 1. The van der Waals surface area contributed by atoms with E-state index in [-0.39, 0.29) is 21.8 Å². The average Bonchev–Trinajstić information content (AvgIpc) is 3.04. The van der Waals surface area contributed by atoms with E-state index in [0.29, 0.717) is 7.11 Å². The number of hydrogen-bond acceptors (Lipinski definition) is 4. The Balaban J connectivity index is 3.63. The molecule has 0 unspecified atom stereocenters. The van der Waals surface area contributed by atoms with Gasteiger partial charge in [-0.2, -0.15) is 61.5 Å². The van der Waals surface area contributed by atoms with E-state index in [0.717, 1.165) is 19.2 Å². The minimum atomic E-state index is -8.62. The zero-order chi connectivity index (χ0) is 30.7. The van der Waals surface area contributed by atoms with Gasteiger partial charge in [-0.1, -0.05) is 0 Å². The lowest BCUT2D eigenvalue weighted by molar-refractivity contribution is -0.443. The molecular weight excluding hydrogens is 602 g/mol. The summed E-state index contributed by atoms with van der Waals surface area (Å²) in [4.78, 5) is 23.4. The van der Waals surface area contributed by atoms with E-state index in [1.54, 1.807) is 0 Å². The first-order valence-electron chi connectivity index (χ1n) is 9.05. The first kappa shape index (κ1) is 33.5. The van der Waals surface area contributed by atoms with Crippen molar-refractivity contribution < 1.29 is 84.6 Å². The van der Waals surface area contributed by atoms with Gasteiger partial charge in [0.25, 0.3) is 0 Å². The second kappa shape index (κ2) is 9.61. The van der Waals surface area contributed by atoms with Gasteiger partial charge in [0.1, 0.15) is 5.00 Å². The van der Waals surface area contributed by atoms with Gasteiger partial charge in [0.2, 0.25) is 0 Å². The summed E-state index contributed by atoms with van der Waals surface area (Å²) in [5, 5.41) is -0.348. The highest BCUT2D eigenvalue weighted by Crippen LogP contribution is 2.62. The van der Waals surface area contributed by atoms with E-state index in [2.05, 4.69) is 4.74 Å². The Labute approximate surface area is 203 Å². The van der Waals surface area contributed by atoms with Crippen LogP contribution in [0.5, 0.6) is 0 Å². The van der Waals surface area contributed by atoms with Gasteiger partial charge >= 0.3 is 59.8 Å². The van der Waals surface area contributed by atoms with Crippen LogP contribution in [0, 0.1) is 13.8 Å². The summed E-state index contributed by atoms with van der Waals surface area (Å²) in [6.45, 7) is 2.22. The Bertz CT molecular complexity index is 1080. The number of halogens is 16. The predicted octanol–water partition coefficient (Wildman–Crippen LogP) is 6.80.